The molecule has 2 aromatic carbocycles. The second kappa shape index (κ2) is 7.94. The van der Waals surface area contributed by atoms with Crippen molar-refractivity contribution in [3.8, 4) is 0 Å². The first kappa shape index (κ1) is 17.8. The van der Waals surface area contributed by atoms with Crippen molar-refractivity contribution in [2.24, 2.45) is 0 Å². The quantitative estimate of drug-likeness (QED) is 0.734. The summed E-state index contributed by atoms with van der Waals surface area (Å²) in [6.07, 6.45) is 0. The molecule has 1 N–H and O–H groups in total. The maximum Gasteiger partial charge on any atom is 0.243 e. The average molecular weight is 382 g/mol. The number of fused-ring (bicyclic) bond motifs is 1. The van der Waals surface area contributed by atoms with E-state index in [0.29, 0.717) is 0 Å². The Morgan fingerprint density at radius 2 is 1.93 bits per heavy atom. The smallest absolute Gasteiger partial charge is 0.243 e. The van der Waals surface area contributed by atoms with Crippen molar-refractivity contribution in [3.05, 3.63) is 48.5 Å². The minimum Gasteiger partial charge on any atom is -0.378 e. The van der Waals surface area contributed by atoms with Gasteiger partial charge in [0.2, 0.25) is 5.91 Å². The van der Waals surface area contributed by atoms with Crippen molar-refractivity contribution in [1.82, 2.24) is 4.98 Å². The highest BCUT2D eigenvalue weighted by atomic mass is 32.1. The molecule has 3 aromatic rings. The van der Waals surface area contributed by atoms with E-state index in [0.717, 1.165) is 53.0 Å². The second-order valence-corrected chi connectivity index (χ2v) is 7.52. The molecule has 0 bridgehead atoms. The van der Waals surface area contributed by atoms with Gasteiger partial charge in [-0.05, 0) is 36.4 Å². The highest BCUT2D eigenvalue weighted by Crippen LogP contribution is 2.27. The van der Waals surface area contributed by atoms with Crippen LogP contribution >= 0.6 is 11.3 Å². The zero-order valence-electron chi connectivity index (χ0n) is 15.2. The third-order valence-electron chi connectivity index (χ3n) is 4.52. The van der Waals surface area contributed by atoms with E-state index in [4.69, 9.17) is 4.74 Å². The van der Waals surface area contributed by atoms with Gasteiger partial charge in [-0.15, -0.1) is 0 Å². The Hall–Kier alpha value is -2.64. The molecule has 6 nitrogen and oxygen atoms in total. The molecule has 0 atom stereocenters. The van der Waals surface area contributed by atoms with Crippen molar-refractivity contribution >= 4 is 44.0 Å². The van der Waals surface area contributed by atoms with Gasteiger partial charge in [-0.25, -0.2) is 4.98 Å². The Morgan fingerprint density at radius 1 is 1.19 bits per heavy atom. The average Bonchev–Trinajstić information content (AvgIpc) is 3.14. The van der Waals surface area contributed by atoms with E-state index in [1.807, 2.05) is 60.5 Å². The first-order chi connectivity index (χ1) is 13.2. The van der Waals surface area contributed by atoms with E-state index in [1.54, 1.807) is 11.3 Å². The zero-order chi connectivity index (χ0) is 18.6. The molecular weight excluding hydrogens is 360 g/mol. The minimum atomic E-state index is -0.0594. The fourth-order valence-electron chi connectivity index (χ4n) is 3.08. The number of benzene rings is 2. The van der Waals surface area contributed by atoms with E-state index < -0.39 is 0 Å². The first-order valence-corrected chi connectivity index (χ1v) is 9.80. The van der Waals surface area contributed by atoms with Gasteiger partial charge in [-0.1, -0.05) is 23.5 Å². The number of nitrogens with one attached hydrogen (secondary N) is 1. The summed E-state index contributed by atoms with van der Waals surface area (Å²) in [6.45, 7) is 3.58. The number of anilines is 3. The maximum atomic E-state index is 12.4. The summed E-state index contributed by atoms with van der Waals surface area (Å²) in [6, 6.07) is 16.0. The Labute approximate surface area is 162 Å². The number of thiazole rings is 1. The molecule has 0 aliphatic carbocycles. The number of aromatic nitrogens is 1. The summed E-state index contributed by atoms with van der Waals surface area (Å²) >= 11 is 1.59. The molecule has 0 unspecified atom stereocenters. The van der Waals surface area contributed by atoms with Crippen LogP contribution in [-0.4, -0.2) is 50.8 Å². The summed E-state index contributed by atoms with van der Waals surface area (Å²) in [5, 5.41) is 3.80. The molecule has 1 saturated heterocycles. The van der Waals surface area contributed by atoms with Crippen LogP contribution in [0.5, 0.6) is 0 Å². The Morgan fingerprint density at radius 3 is 2.67 bits per heavy atom. The molecule has 4 rings (SSSR count). The number of amides is 1. The number of para-hydroxylation sites is 1. The number of carbonyl (C=O) groups is 1. The molecule has 1 aromatic heterocycles. The Kier molecular flexibility index (Phi) is 5.22. The summed E-state index contributed by atoms with van der Waals surface area (Å²) in [5.41, 5.74) is 2.92. The van der Waals surface area contributed by atoms with Gasteiger partial charge in [-0.2, -0.15) is 0 Å². The molecule has 1 fully saturated rings. The molecule has 27 heavy (non-hydrogen) atoms. The lowest BCUT2D eigenvalue weighted by atomic mass is 10.2. The minimum absolute atomic E-state index is 0.0594. The maximum absolute atomic E-state index is 12.4. The van der Waals surface area contributed by atoms with Crippen molar-refractivity contribution < 1.29 is 9.53 Å². The number of rotatable bonds is 5. The number of carbonyl (C=O) groups excluding carboxylic acids is 1. The van der Waals surface area contributed by atoms with Crippen molar-refractivity contribution in [3.63, 3.8) is 0 Å². The van der Waals surface area contributed by atoms with E-state index in [2.05, 4.69) is 15.2 Å². The number of hydrogen-bond donors (Lipinski definition) is 1. The van der Waals surface area contributed by atoms with Crippen LogP contribution < -0.4 is 15.1 Å². The summed E-state index contributed by atoms with van der Waals surface area (Å²) in [4.78, 5) is 21.1. The van der Waals surface area contributed by atoms with Crippen molar-refractivity contribution in [2.75, 3.05) is 55.0 Å². The molecule has 1 amide bonds. The second-order valence-electron chi connectivity index (χ2n) is 6.51. The third kappa shape index (κ3) is 4.20. The molecule has 0 radical (unpaired) electrons. The van der Waals surface area contributed by atoms with Gasteiger partial charge in [0, 0.05) is 31.5 Å². The van der Waals surface area contributed by atoms with Crippen LogP contribution in [0.25, 0.3) is 10.2 Å². The number of morpholine rings is 1. The predicted octanol–water partition coefficient (Wildman–Crippen LogP) is 3.21. The Bertz CT molecular complexity index is 886. The van der Waals surface area contributed by atoms with Gasteiger partial charge in [0.25, 0.3) is 0 Å². The molecule has 2 heterocycles. The lowest BCUT2D eigenvalue weighted by molar-refractivity contribution is -0.114. The molecule has 1 aliphatic rings. The summed E-state index contributed by atoms with van der Waals surface area (Å²) in [5.74, 6) is -0.0594. The molecule has 1 aliphatic heterocycles. The van der Waals surface area contributed by atoms with Crippen LogP contribution in [-0.2, 0) is 9.53 Å². The van der Waals surface area contributed by atoms with E-state index >= 15 is 0 Å². The monoisotopic (exact) mass is 382 g/mol. The van der Waals surface area contributed by atoms with Crippen LogP contribution in [0.2, 0.25) is 0 Å². The lowest BCUT2D eigenvalue weighted by Gasteiger charge is -2.28. The predicted molar refractivity (Wildman–Crippen MR) is 111 cm³/mol. The molecule has 7 heteroatoms. The Balaban J connectivity index is 1.35. The largest absolute Gasteiger partial charge is 0.378 e. The number of hydrogen-bond acceptors (Lipinski definition) is 6. The van der Waals surface area contributed by atoms with Crippen LogP contribution in [0.3, 0.4) is 0 Å². The van der Waals surface area contributed by atoms with Gasteiger partial charge in [-0.3, -0.25) is 4.79 Å². The van der Waals surface area contributed by atoms with Crippen LogP contribution in [0.4, 0.5) is 16.5 Å². The van der Waals surface area contributed by atoms with Gasteiger partial charge < -0.3 is 19.9 Å². The normalized spacial score (nSPS) is 14.3. The topological polar surface area (TPSA) is 57.7 Å². The fraction of sp³-hybridized carbons (Fsp3) is 0.300. The third-order valence-corrected chi connectivity index (χ3v) is 5.67. The van der Waals surface area contributed by atoms with Crippen LogP contribution in [0.1, 0.15) is 0 Å². The van der Waals surface area contributed by atoms with Gasteiger partial charge in [0.15, 0.2) is 5.13 Å². The molecule has 0 spiro atoms. The van der Waals surface area contributed by atoms with Crippen molar-refractivity contribution in [2.45, 2.75) is 0 Å². The van der Waals surface area contributed by atoms with Gasteiger partial charge in [0.05, 0.1) is 30.0 Å². The fourth-order valence-corrected chi connectivity index (χ4v) is 4.01. The highest BCUT2D eigenvalue weighted by Gasteiger charge is 2.13. The highest BCUT2D eigenvalue weighted by molar-refractivity contribution is 7.22. The van der Waals surface area contributed by atoms with Crippen LogP contribution in [0.15, 0.2) is 48.5 Å². The molecular formula is C20H22N4O2S. The van der Waals surface area contributed by atoms with E-state index in [-0.39, 0.29) is 12.5 Å². The molecule has 140 valence electrons. The zero-order valence-corrected chi connectivity index (χ0v) is 16.0. The standard InChI is InChI=1S/C20H22N4O2S/c1-23(20-22-17-4-2-3-5-18(17)27-20)14-19(25)21-15-6-8-16(9-7-15)24-10-12-26-13-11-24/h2-9H,10-14H2,1H3,(H,21,25). The summed E-state index contributed by atoms with van der Waals surface area (Å²) in [7, 11) is 1.89. The SMILES string of the molecule is CN(CC(=O)Nc1ccc(N2CCOCC2)cc1)c1nc2ccccc2s1. The number of likely N-dealkylation sites (N-methyl/N-ethyl adjacent to an activating group) is 1. The van der Waals surface area contributed by atoms with E-state index in [9.17, 15) is 4.79 Å². The summed E-state index contributed by atoms with van der Waals surface area (Å²) < 4.78 is 6.51. The lowest BCUT2D eigenvalue weighted by Crippen LogP contribution is -2.36. The van der Waals surface area contributed by atoms with Crippen LogP contribution in [0, 0.1) is 0 Å². The first-order valence-electron chi connectivity index (χ1n) is 8.98. The molecule has 0 saturated carbocycles. The van der Waals surface area contributed by atoms with Gasteiger partial charge in [0.1, 0.15) is 0 Å². The van der Waals surface area contributed by atoms with Crippen molar-refractivity contribution in [1.29, 1.82) is 0 Å². The van der Waals surface area contributed by atoms with E-state index in [1.165, 1.54) is 0 Å². The number of nitrogens with zero attached hydrogens (tertiary/aromatic N) is 3. The van der Waals surface area contributed by atoms with Gasteiger partial charge >= 0.3 is 0 Å². The number of ether oxygens (including phenoxy) is 1.